The van der Waals surface area contributed by atoms with Gasteiger partial charge in [-0.05, 0) is 70.1 Å². The predicted molar refractivity (Wildman–Crippen MR) is 153 cm³/mol. The summed E-state index contributed by atoms with van der Waals surface area (Å²) in [4.78, 5) is 30.9. The average Bonchev–Trinajstić information content (AvgIpc) is 2.91. The molecular weight excluding hydrogens is 534 g/mol. The van der Waals surface area contributed by atoms with Crippen LogP contribution in [0.4, 0.5) is 0 Å². The number of hydrogen-bond donors (Lipinski definition) is 2. The van der Waals surface area contributed by atoms with Gasteiger partial charge < -0.3 is 29.2 Å². The highest BCUT2D eigenvalue weighted by Gasteiger charge is 2.39. The molecule has 5 rings (SSSR count). The minimum atomic E-state index is -0.313. The van der Waals surface area contributed by atoms with Crippen molar-refractivity contribution in [1.82, 2.24) is 15.2 Å². The third-order valence-corrected chi connectivity index (χ3v) is 8.85. The Morgan fingerprint density at radius 2 is 1.88 bits per heavy atom. The van der Waals surface area contributed by atoms with E-state index in [2.05, 4.69) is 15.2 Å². The van der Waals surface area contributed by atoms with E-state index in [0.29, 0.717) is 71.1 Å². The zero-order valence-electron chi connectivity index (χ0n) is 23.8. The van der Waals surface area contributed by atoms with Crippen LogP contribution in [0, 0.1) is 26.7 Å². The maximum atomic E-state index is 13.2. The van der Waals surface area contributed by atoms with E-state index in [1.165, 1.54) is 0 Å². The zero-order chi connectivity index (χ0) is 28.4. The van der Waals surface area contributed by atoms with Crippen LogP contribution in [0.1, 0.15) is 58.4 Å². The monoisotopic (exact) mass is 573 g/mol. The molecular formula is C30H40ClN3O6. The molecule has 2 N–H and O–H groups in total. The molecule has 2 aliphatic heterocycles. The number of halogens is 1. The number of hydrogen-bond acceptors (Lipinski definition) is 7. The van der Waals surface area contributed by atoms with E-state index in [4.69, 9.17) is 30.5 Å². The van der Waals surface area contributed by atoms with Gasteiger partial charge in [0, 0.05) is 55.2 Å². The van der Waals surface area contributed by atoms with E-state index in [-0.39, 0.29) is 24.1 Å². The third-order valence-electron chi connectivity index (χ3n) is 8.56. The fourth-order valence-corrected chi connectivity index (χ4v) is 6.42. The van der Waals surface area contributed by atoms with Crippen LogP contribution in [-0.2, 0) is 16.0 Å². The lowest BCUT2D eigenvalue weighted by Gasteiger charge is -2.47. The van der Waals surface area contributed by atoms with Crippen LogP contribution in [0.3, 0.4) is 0 Å². The van der Waals surface area contributed by atoms with Gasteiger partial charge in [0.25, 0.3) is 11.5 Å². The van der Waals surface area contributed by atoms with Crippen molar-refractivity contribution in [2.45, 2.75) is 71.2 Å². The van der Waals surface area contributed by atoms with Gasteiger partial charge in [0.2, 0.25) is 0 Å². The molecule has 0 radical (unpaired) electrons. The Bertz CT molecular complexity index is 1280. The summed E-state index contributed by atoms with van der Waals surface area (Å²) in [5.74, 6) is 1.10. The predicted octanol–water partition coefficient (Wildman–Crippen LogP) is 3.93. The summed E-state index contributed by atoms with van der Waals surface area (Å²) in [6.45, 7) is 9.40. The van der Waals surface area contributed by atoms with Crippen molar-refractivity contribution in [2.24, 2.45) is 5.92 Å². The van der Waals surface area contributed by atoms with Gasteiger partial charge in [0.15, 0.2) is 11.5 Å². The van der Waals surface area contributed by atoms with Crippen LogP contribution in [0.2, 0.25) is 5.02 Å². The second-order valence-electron chi connectivity index (χ2n) is 11.3. The number of benzene rings is 1. The molecule has 3 aliphatic rings. The topological polar surface area (TPSA) is 102 Å². The van der Waals surface area contributed by atoms with E-state index in [1.807, 2.05) is 26.8 Å². The number of carbonyl (C=O) groups excluding carboxylic acids is 1. The number of amides is 1. The quantitative estimate of drug-likeness (QED) is 0.438. The van der Waals surface area contributed by atoms with Crippen LogP contribution in [0.5, 0.6) is 11.5 Å². The number of methoxy groups -OCH3 is 1. The first-order valence-electron chi connectivity index (χ1n) is 14.2. The van der Waals surface area contributed by atoms with Crippen LogP contribution in [0.15, 0.2) is 16.9 Å². The van der Waals surface area contributed by atoms with Crippen LogP contribution in [-0.4, -0.2) is 74.1 Å². The van der Waals surface area contributed by atoms with Crippen molar-refractivity contribution in [3.63, 3.8) is 0 Å². The largest absolute Gasteiger partial charge is 0.484 e. The first-order valence-corrected chi connectivity index (χ1v) is 14.6. The number of rotatable bonds is 9. The van der Waals surface area contributed by atoms with E-state index in [9.17, 15) is 9.59 Å². The molecule has 1 aromatic heterocycles. The maximum absolute atomic E-state index is 13.2. The molecule has 1 saturated carbocycles. The standard InChI is InChI=1S/C30H40ClN3O6/c1-17-11-18(2)33-30(36)24(17)13-32-29(35)23-12-25(31)28-27(19(23)3)40-26(16-39-28)20-5-7-21(8-6-20)34-14-22(15-34)38-10-9-37-4/h11-12,20-22,26H,5-10,13-16H2,1-4H3,(H,32,35)(H,33,36)/t20?,21?,26-/m1/s1. The van der Waals surface area contributed by atoms with E-state index < -0.39 is 0 Å². The Labute approximate surface area is 240 Å². The molecule has 2 aromatic rings. The summed E-state index contributed by atoms with van der Waals surface area (Å²) in [7, 11) is 1.69. The van der Waals surface area contributed by atoms with Crippen LogP contribution < -0.4 is 20.3 Å². The fraction of sp³-hybridized carbons (Fsp3) is 0.600. The van der Waals surface area contributed by atoms with Crippen molar-refractivity contribution in [2.75, 3.05) is 40.0 Å². The molecule has 1 saturated heterocycles. The Kier molecular flexibility index (Phi) is 9.05. The zero-order valence-corrected chi connectivity index (χ0v) is 24.6. The van der Waals surface area contributed by atoms with Gasteiger partial charge in [-0.15, -0.1) is 0 Å². The van der Waals surface area contributed by atoms with Crippen molar-refractivity contribution in [1.29, 1.82) is 0 Å². The molecule has 1 atom stereocenters. The smallest absolute Gasteiger partial charge is 0.253 e. The molecule has 0 spiro atoms. The molecule has 0 bridgehead atoms. The number of aromatic amines is 1. The normalized spacial score (nSPS) is 23.1. The van der Waals surface area contributed by atoms with Gasteiger partial charge in [-0.3, -0.25) is 14.5 Å². The highest BCUT2D eigenvalue weighted by atomic mass is 35.5. The van der Waals surface area contributed by atoms with Crippen molar-refractivity contribution in [3.05, 3.63) is 55.5 Å². The summed E-state index contributed by atoms with van der Waals surface area (Å²) < 4.78 is 23.5. The van der Waals surface area contributed by atoms with Gasteiger partial charge in [-0.2, -0.15) is 0 Å². The van der Waals surface area contributed by atoms with Crippen LogP contribution in [0.25, 0.3) is 0 Å². The first kappa shape index (κ1) is 28.9. The molecule has 1 aromatic carbocycles. The van der Waals surface area contributed by atoms with Crippen molar-refractivity contribution >= 4 is 17.5 Å². The molecule has 40 heavy (non-hydrogen) atoms. The first-order chi connectivity index (χ1) is 19.2. The van der Waals surface area contributed by atoms with Gasteiger partial charge in [0.1, 0.15) is 12.7 Å². The number of likely N-dealkylation sites (tertiary alicyclic amines) is 1. The molecule has 3 heterocycles. The van der Waals surface area contributed by atoms with Crippen molar-refractivity contribution in [3.8, 4) is 11.5 Å². The number of ether oxygens (including phenoxy) is 4. The summed E-state index contributed by atoms with van der Waals surface area (Å²) >= 11 is 6.55. The van der Waals surface area contributed by atoms with Gasteiger partial charge in [-0.25, -0.2) is 0 Å². The lowest BCUT2D eigenvalue weighted by Crippen LogP contribution is -2.57. The molecule has 9 nitrogen and oxygen atoms in total. The lowest BCUT2D eigenvalue weighted by molar-refractivity contribution is -0.0908. The minimum Gasteiger partial charge on any atom is -0.484 e. The molecule has 2 fully saturated rings. The number of carbonyl (C=O) groups is 1. The number of fused-ring (bicyclic) bond motifs is 1. The highest BCUT2D eigenvalue weighted by molar-refractivity contribution is 6.32. The summed E-state index contributed by atoms with van der Waals surface area (Å²) in [5, 5.41) is 3.22. The van der Waals surface area contributed by atoms with Gasteiger partial charge >= 0.3 is 0 Å². The fourth-order valence-electron chi connectivity index (χ4n) is 6.17. The molecule has 218 valence electrons. The van der Waals surface area contributed by atoms with Crippen LogP contribution >= 0.6 is 11.6 Å². The number of aromatic nitrogens is 1. The lowest BCUT2D eigenvalue weighted by atomic mass is 9.81. The molecule has 10 heteroatoms. The third kappa shape index (κ3) is 6.17. The summed E-state index contributed by atoms with van der Waals surface area (Å²) in [6.07, 6.45) is 4.62. The van der Waals surface area contributed by atoms with E-state index in [1.54, 1.807) is 13.2 Å². The molecule has 1 aliphatic carbocycles. The number of H-pyrrole nitrogens is 1. The Hall–Kier alpha value is -2.59. The minimum absolute atomic E-state index is 0.0863. The number of pyridine rings is 1. The maximum Gasteiger partial charge on any atom is 0.253 e. The number of nitrogens with zero attached hydrogens (tertiary/aromatic N) is 1. The second kappa shape index (κ2) is 12.5. The summed E-state index contributed by atoms with van der Waals surface area (Å²) in [6, 6.07) is 4.10. The SMILES string of the molecule is COCCOC1CN(C2CCC([C@H]3COc4c(Cl)cc(C(=O)NCc5c(C)cc(C)[nH]c5=O)c(C)c4O3)CC2)C1. The van der Waals surface area contributed by atoms with Gasteiger partial charge in [0.05, 0.1) is 24.3 Å². The second-order valence-corrected chi connectivity index (χ2v) is 11.7. The molecule has 0 unspecified atom stereocenters. The van der Waals surface area contributed by atoms with Gasteiger partial charge in [-0.1, -0.05) is 11.6 Å². The van der Waals surface area contributed by atoms with E-state index in [0.717, 1.165) is 50.0 Å². The average molecular weight is 574 g/mol. The van der Waals surface area contributed by atoms with Crippen molar-refractivity contribution < 1.29 is 23.7 Å². The number of aryl methyl sites for hydroxylation is 2. The Morgan fingerprint density at radius 3 is 2.58 bits per heavy atom. The Balaban J connectivity index is 1.18. The number of nitrogens with one attached hydrogen (secondary N) is 2. The highest BCUT2D eigenvalue weighted by Crippen LogP contribution is 2.45. The Morgan fingerprint density at radius 1 is 1.12 bits per heavy atom. The summed E-state index contributed by atoms with van der Waals surface area (Å²) in [5.41, 5.74) is 3.05. The van der Waals surface area contributed by atoms with E-state index >= 15 is 0 Å². The molecule has 1 amide bonds.